The molecule has 0 radical (unpaired) electrons. The molecule has 2 nitrogen and oxygen atoms in total. The van der Waals surface area contributed by atoms with Gasteiger partial charge in [-0.15, -0.1) is 0 Å². The van der Waals surface area contributed by atoms with E-state index in [0.29, 0.717) is 19.1 Å². The predicted molar refractivity (Wildman–Crippen MR) is 78.1 cm³/mol. The predicted octanol–water partition coefficient (Wildman–Crippen LogP) is 4.42. The number of benzene rings is 1. The number of nitrogens with one attached hydrogen (secondary N) is 1. The van der Waals surface area contributed by atoms with E-state index < -0.39 is 11.7 Å². The zero-order chi connectivity index (χ0) is 16.0. The third-order valence-electron chi connectivity index (χ3n) is 3.51. The summed E-state index contributed by atoms with van der Waals surface area (Å²) in [5.74, 6) is 0.383. The van der Waals surface area contributed by atoms with Gasteiger partial charge in [-0.2, -0.15) is 13.2 Å². The van der Waals surface area contributed by atoms with Crippen molar-refractivity contribution in [1.29, 1.82) is 0 Å². The largest absolute Gasteiger partial charge is 0.416 e. The zero-order valence-electron chi connectivity index (χ0n) is 13.0. The van der Waals surface area contributed by atoms with Crippen LogP contribution in [0.4, 0.5) is 13.2 Å². The smallest absolute Gasteiger partial charge is 0.380 e. The number of alkyl halides is 3. The Morgan fingerprint density at radius 2 is 1.67 bits per heavy atom. The van der Waals surface area contributed by atoms with Gasteiger partial charge in [-0.3, -0.25) is 0 Å². The lowest BCUT2D eigenvalue weighted by atomic mass is 10.0. The summed E-state index contributed by atoms with van der Waals surface area (Å²) >= 11 is 0. The highest BCUT2D eigenvalue weighted by Gasteiger charge is 2.30. The lowest BCUT2D eigenvalue weighted by Crippen LogP contribution is -2.39. The van der Waals surface area contributed by atoms with Crippen LogP contribution < -0.4 is 5.32 Å². The molecule has 1 aromatic carbocycles. The summed E-state index contributed by atoms with van der Waals surface area (Å²) in [4.78, 5) is 0. The van der Waals surface area contributed by atoms with Gasteiger partial charge in [-0.1, -0.05) is 26.0 Å². The summed E-state index contributed by atoms with van der Waals surface area (Å²) in [5.41, 5.74) is 0.221. The van der Waals surface area contributed by atoms with Gasteiger partial charge in [0, 0.05) is 18.7 Å². The van der Waals surface area contributed by atoms with Crippen LogP contribution in [0, 0.1) is 5.92 Å². The molecule has 120 valence electrons. The lowest BCUT2D eigenvalue weighted by molar-refractivity contribution is -0.137. The molecule has 0 aliphatic rings. The van der Waals surface area contributed by atoms with Crippen LogP contribution in [0.15, 0.2) is 24.3 Å². The number of hydrogen-bond acceptors (Lipinski definition) is 2. The fraction of sp³-hybridized carbons (Fsp3) is 0.625. The van der Waals surface area contributed by atoms with Gasteiger partial charge in [-0.25, -0.2) is 0 Å². The fourth-order valence-corrected chi connectivity index (χ4v) is 2.06. The van der Waals surface area contributed by atoms with Crippen LogP contribution in [0.5, 0.6) is 0 Å². The molecular formula is C16H24F3NO. The first kappa shape index (κ1) is 18.0. The first-order chi connectivity index (χ1) is 9.75. The van der Waals surface area contributed by atoms with Crippen LogP contribution >= 0.6 is 0 Å². The Balaban J connectivity index is 2.71. The molecule has 0 saturated carbocycles. The lowest BCUT2D eigenvalue weighted by Gasteiger charge is -2.26. The van der Waals surface area contributed by atoms with Crippen molar-refractivity contribution in [3.63, 3.8) is 0 Å². The van der Waals surface area contributed by atoms with Crippen LogP contribution in [0.3, 0.4) is 0 Å². The van der Waals surface area contributed by atoms with Gasteiger partial charge in [0.25, 0.3) is 0 Å². The standard InChI is InChI=1S/C16H24F3NO/c1-5-21-10-15(11(2)3)20-12(4)13-6-8-14(9-7-13)16(17,18)19/h6-9,11-12,15,20H,5,10H2,1-4H3. The van der Waals surface area contributed by atoms with Crippen LogP contribution in [0.2, 0.25) is 0 Å². The quantitative estimate of drug-likeness (QED) is 0.805. The van der Waals surface area contributed by atoms with Gasteiger partial charge < -0.3 is 10.1 Å². The van der Waals surface area contributed by atoms with Crippen molar-refractivity contribution in [3.8, 4) is 0 Å². The fourth-order valence-electron chi connectivity index (χ4n) is 2.06. The highest BCUT2D eigenvalue weighted by molar-refractivity contribution is 5.26. The molecule has 2 atom stereocenters. The van der Waals surface area contributed by atoms with Crippen molar-refractivity contribution in [2.75, 3.05) is 13.2 Å². The maximum atomic E-state index is 12.5. The molecule has 21 heavy (non-hydrogen) atoms. The van der Waals surface area contributed by atoms with Crippen LogP contribution in [-0.2, 0) is 10.9 Å². The number of ether oxygens (including phenoxy) is 1. The van der Waals surface area contributed by atoms with E-state index in [9.17, 15) is 13.2 Å². The van der Waals surface area contributed by atoms with Gasteiger partial charge in [0.15, 0.2) is 0 Å². The summed E-state index contributed by atoms with van der Waals surface area (Å²) in [5, 5.41) is 3.42. The van der Waals surface area contributed by atoms with Crippen LogP contribution in [-0.4, -0.2) is 19.3 Å². The van der Waals surface area contributed by atoms with E-state index in [1.54, 1.807) is 0 Å². The molecule has 0 saturated heterocycles. The summed E-state index contributed by atoms with van der Waals surface area (Å²) in [6.45, 7) is 9.33. The van der Waals surface area contributed by atoms with Crippen molar-refractivity contribution < 1.29 is 17.9 Å². The summed E-state index contributed by atoms with van der Waals surface area (Å²) in [7, 11) is 0. The summed E-state index contributed by atoms with van der Waals surface area (Å²) < 4.78 is 43.1. The maximum Gasteiger partial charge on any atom is 0.416 e. The highest BCUT2D eigenvalue weighted by Crippen LogP contribution is 2.30. The number of rotatable bonds is 7. The zero-order valence-corrected chi connectivity index (χ0v) is 13.0. The monoisotopic (exact) mass is 303 g/mol. The van der Waals surface area contributed by atoms with Crippen LogP contribution in [0.25, 0.3) is 0 Å². The van der Waals surface area contributed by atoms with E-state index >= 15 is 0 Å². The Hall–Kier alpha value is -1.07. The van der Waals surface area contributed by atoms with E-state index in [1.165, 1.54) is 12.1 Å². The summed E-state index contributed by atoms with van der Waals surface area (Å²) in [6.07, 6.45) is -4.29. The van der Waals surface area contributed by atoms with Crippen molar-refractivity contribution in [1.82, 2.24) is 5.32 Å². The van der Waals surface area contributed by atoms with E-state index in [4.69, 9.17) is 4.74 Å². The van der Waals surface area contributed by atoms with Gasteiger partial charge in [-0.05, 0) is 37.5 Å². The summed E-state index contributed by atoms with van der Waals surface area (Å²) in [6, 6.07) is 5.44. The Kier molecular flexibility index (Phi) is 6.68. The van der Waals surface area contributed by atoms with Crippen molar-refractivity contribution in [2.24, 2.45) is 5.92 Å². The minimum absolute atomic E-state index is 0.0276. The maximum absolute atomic E-state index is 12.5. The molecule has 0 aliphatic heterocycles. The molecule has 0 amide bonds. The van der Waals surface area contributed by atoms with E-state index in [1.807, 2.05) is 13.8 Å². The van der Waals surface area contributed by atoms with Crippen LogP contribution in [0.1, 0.15) is 44.9 Å². The average Bonchev–Trinajstić information content (AvgIpc) is 2.42. The Morgan fingerprint density at radius 1 is 1.10 bits per heavy atom. The first-order valence-corrected chi connectivity index (χ1v) is 7.26. The van der Waals surface area contributed by atoms with E-state index in [2.05, 4.69) is 19.2 Å². The molecular weight excluding hydrogens is 279 g/mol. The minimum Gasteiger partial charge on any atom is -0.380 e. The highest BCUT2D eigenvalue weighted by atomic mass is 19.4. The molecule has 0 aliphatic carbocycles. The third-order valence-corrected chi connectivity index (χ3v) is 3.51. The average molecular weight is 303 g/mol. The second kappa shape index (κ2) is 7.80. The molecule has 1 aromatic rings. The second-order valence-corrected chi connectivity index (χ2v) is 5.52. The molecule has 5 heteroatoms. The topological polar surface area (TPSA) is 21.3 Å². The van der Waals surface area contributed by atoms with Crippen molar-refractivity contribution >= 4 is 0 Å². The molecule has 0 fully saturated rings. The Bertz CT molecular complexity index is 415. The molecule has 0 spiro atoms. The Labute approximate surface area is 124 Å². The van der Waals surface area contributed by atoms with Gasteiger partial charge in [0.2, 0.25) is 0 Å². The Morgan fingerprint density at radius 3 is 2.10 bits per heavy atom. The first-order valence-electron chi connectivity index (χ1n) is 7.26. The van der Waals surface area contributed by atoms with Crippen molar-refractivity contribution in [2.45, 2.75) is 46.0 Å². The van der Waals surface area contributed by atoms with Crippen molar-refractivity contribution in [3.05, 3.63) is 35.4 Å². The molecule has 0 heterocycles. The van der Waals surface area contributed by atoms with Gasteiger partial charge in [0.05, 0.1) is 12.2 Å². The molecule has 1 N–H and O–H groups in total. The van der Waals surface area contributed by atoms with Gasteiger partial charge in [0.1, 0.15) is 0 Å². The normalized spacial score (nSPS) is 15.2. The van der Waals surface area contributed by atoms with Gasteiger partial charge >= 0.3 is 6.18 Å². The molecule has 2 unspecified atom stereocenters. The van der Waals surface area contributed by atoms with E-state index in [0.717, 1.165) is 17.7 Å². The molecule has 0 aromatic heterocycles. The SMILES string of the molecule is CCOCC(NC(C)c1ccc(C(F)(F)F)cc1)C(C)C. The number of halogens is 3. The minimum atomic E-state index is -4.29. The molecule has 0 bridgehead atoms. The molecule has 1 rings (SSSR count). The third kappa shape index (κ3) is 5.67. The van der Waals surface area contributed by atoms with E-state index in [-0.39, 0.29) is 12.1 Å². The second-order valence-electron chi connectivity index (χ2n) is 5.52. The number of hydrogen-bond donors (Lipinski definition) is 1.